The van der Waals surface area contributed by atoms with Crippen molar-refractivity contribution in [1.29, 1.82) is 0 Å². The third kappa shape index (κ3) is 2.35. The van der Waals surface area contributed by atoms with Gasteiger partial charge in [-0.3, -0.25) is 14.9 Å². The molecule has 0 bridgehead atoms. The number of carbonyl (C=O) groups excluding carboxylic acids is 2. The maximum atomic E-state index is 11.4. The molecule has 1 aromatic rings. The predicted molar refractivity (Wildman–Crippen MR) is 76.5 cm³/mol. The first-order chi connectivity index (χ1) is 10.1. The minimum atomic E-state index is -0.450. The Morgan fingerprint density at radius 1 is 1.38 bits per heavy atom. The Hall–Kier alpha value is -2.44. The normalized spacial score (nSPS) is 20.9. The van der Waals surface area contributed by atoms with Gasteiger partial charge in [0.1, 0.15) is 12.0 Å². The van der Waals surface area contributed by atoms with Crippen molar-refractivity contribution in [3.8, 4) is 0 Å². The highest BCUT2D eigenvalue weighted by Crippen LogP contribution is 2.38. The van der Waals surface area contributed by atoms with Crippen molar-refractivity contribution in [3.63, 3.8) is 0 Å². The zero-order valence-electron chi connectivity index (χ0n) is 11.4. The van der Waals surface area contributed by atoms with E-state index in [1.807, 2.05) is 0 Å². The molecule has 1 unspecified atom stereocenters. The summed E-state index contributed by atoms with van der Waals surface area (Å²) in [5, 5.41) is 14.0. The average molecular weight is 289 g/mol. The molecule has 0 spiro atoms. The standard InChI is InChI=1S/C14H15N3O4/c18-8-10-3-1-2-4-16(10)12-7-11-9(6-14(19)15-11)5-13(12)17(20)21/h5,7-8,10H,1-4,6H2,(H,15,19). The second-order valence-electron chi connectivity index (χ2n) is 5.37. The Morgan fingerprint density at radius 3 is 2.90 bits per heavy atom. The fourth-order valence-corrected chi connectivity index (χ4v) is 3.02. The van der Waals surface area contributed by atoms with Crippen LogP contribution in [0.3, 0.4) is 0 Å². The molecule has 0 aromatic heterocycles. The first-order valence-corrected chi connectivity index (χ1v) is 6.93. The molecule has 2 aliphatic heterocycles. The number of nitro groups is 1. The second-order valence-corrected chi connectivity index (χ2v) is 5.37. The first-order valence-electron chi connectivity index (χ1n) is 6.93. The summed E-state index contributed by atoms with van der Waals surface area (Å²) in [6, 6.07) is 2.73. The molecule has 1 aromatic carbocycles. The van der Waals surface area contributed by atoms with Gasteiger partial charge in [-0.1, -0.05) is 0 Å². The zero-order chi connectivity index (χ0) is 15.0. The van der Waals surface area contributed by atoms with Crippen molar-refractivity contribution in [2.24, 2.45) is 0 Å². The van der Waals surface area contributed by atoms with Gasteiger partial charge < -0.3 is 15.0 Å². The van der Waals surface area contributed by atoms with Gasteiger partial charge in [0.2, 0.25) is 5.91 Å². The van der Waals surface area contributed by atoms with Gasteiger partial charge >= 0.3 is 0 Å². The van der Waals surface area contributed by atoms with Crippen molar-refractivity contribution < 1.29 is 14.5 Å². The van der Waals surface area contributed by atoms with Gasteiger partial charge in [-0.15, -0.1) is 0 Å². The number of amides is 1. The van der Waals surface area contributed by atoms with Crippen LogP contribution in [0.4, 0.5) is 17.1 Å². The fraction of sp³-hybridized carbons (Fsp3) is 0.429. The summed E-state index contributed by atoms with van der Waals surface area (Å²) in [6.07, 6.45) is 3.53. The van der Waals surface area contributed by atoms with E-state index in [0.29, 0.717) is 29.9 Å². The lowest BCUT2D eigenvalue weighted by molar-refractivity contribution is -0.384. The number of benzene rings is 1. The van der Waals surface area contributed by atoms with Gasteiger partial charge in [0, 0.05) is 18.3 Å². The molecule has 1 atom stereocenters. The van der Waals surface area contributed by atoms with Crippen molar-refractivity contribution in [2.45, 2.75) is 31.7 Å². The maximum Gasteiger partial charge on any atom is 0.292 e. The highest BCUT2D eigenvalue weighted by molar-refractivity contribution is 6.00. The molecule has 1 fully saturated rings. The quantitative estimate of drug-likeness (QED) is 0.519. The number of nitrogens with zero attached hydrogens (tertiary/aromatic N) is 2. The van der Waals surface area contributed by atoms with Crippen LogP contribution in [0.2, 0.25) is 0 Å². The average Bonchev–Trinajstić information content (AvgIpc) is 2.84. The minimum Gasteiger partial charge on any atom is -0.356 e. The van der Waals surface area contributed by atoms with E-state index in [1.165, 1.54) is 6.07 Å². The van der Waals surface area contributed by atoms with E-state index < -0.39 is 4.92 Å². The number of nitro benzene ring substituents is 1. The van der Waals surface area contributed by atoms with Gasteiger partial charge in [0.25, 0.3) is 5.69 Å². The molecule has 3 rings (SSSR count). The number of aldehydes is 1. The number of anilines is 2. The summed E-state index contributed by atoms with van der Waals surface area (Å²) < 4.78 is 0. The highest BCUT2D eigenvalue weighted by atomic mass is 16.6. The summed E-state index contributed by atoms with van der Waals surface area (Å²) >= 11 is 0. The van der Waals surface area contributed by atoms with Gasteiger partial charge in [-0.2, -0.15) is 0 Å². The molecule has 2 aliphatic rings. The Bertz CT molecular complexity index is 629. The number of hydrogen-bond donors (Lipinski definition) is 1. The molecule has 1 saturated heterocycles. The van der Waals surface area contributed by atoms with E-state index in [9.17, 15) is 19.7 Å². The Labute approximate surface area is 121 Å². The van der Waals surface area contributed by atoms with Crippen LogP contribution in [0.5, 0.6) is 0 Å². The van der Waals surface area contributed by atoms with Crippen LogP contribution in [0.15, 0.2) is 12.1 Å². The fourth-order valence-electron chi connectivity index (χ4n) is 3.02. The molecule has 21 heavy (non-hydrogen) atoms. The van der Waals surface area contributed by atoms with Crippen LogP contribution in [0, 0.1) is 10.1 Å². The third-order valence-electron chi connectivity index (χ3n) is 4.04. The summed E-state index contributed by atoms with van der Waals surface area (Å²) in [4.78, 5) is 35.3. The number of carbonyl (C=O) groups is 2. The van der Waals surface area contributed by atoms with E-state index >= 15 is 0 Å². The topological polar surface area (TPSA) is 92.6 Å². The van der Waals surface area contributed by atoms with Crippen LogP contribution >= 0.6 is 0 Å². The van der Waals surface area contributed by atoms with E-state index in [2.05, 4.69) is 5.32 Å². The van der Waals surface area contributed by atoms with E-state index in [-0.39, 0.29) is 24.1 Å². The van der Waals surface area contributed by atoms with Crippen LogP contribution in [-0.2, 0) is 16.0 Å². The van der Waals surface area contributed by atoms with Crippen molar-refractivity contribution >= 4 is 29.3 Å². The summed E-state index contributed by atoms with van der Waals surface area (Å²) in [5.41, 5.74) is 1.61. The summed E-state index contributed by atoms with van der Waals surface area (Å²) in [6.45, 7) is 0.608. The maximum absolute atomic E-state index is 11.4. The van der Waals surface area contributed by atoms with Crippen LogP contribution in [-0.4, -0.2) is 29.7 Å². The first kappa shape index (κ1) is 13.5. The Balaban J connectivity index is 2.08. The number of hydrogen-bond acceptors (Lipinski definition) is 5. The van der Waals surface area contributed by atoms with Crippen LogP contribution in [0.1, 0.15) is 24.8 Å². The van der Waals surface area contributed by atoms with E-state index in [1.54, 1.807) is 11.0 Å². The monoisotopic (exact) mass is 289 g/mol. The number of piperidine rings is 1. The largest absolute Gasteiger partial charge is 0.356 e. The smallest absolute Gasteiger partial charge is 0.292 e. The Morgan fingerprint density at radius 2 is 2.19 bits per heavy atom. The van der Waals surface area contributed by atoms with E-state index in [0.717, 1.165) is 19.1 Å². The molecule has 0 radical (unpaired) electrons. The summed E-state index contributed by atoms with van der Waals surface area (Å²) in [7, 11) is 0. The lowest BCUT2D eigenvalue weighted by atomic mass is 10.0. The van der Waals surface area contributed by atoms with Crippen LogP contribution < -0.4 is 10.2 Å². The SMILES string of the molecule is O=CC1CCCCN1c1cc2c(cc1[N+](=O)[O-])CC(=O)N2. The Kier molecular flexibility index (Phi) is 3.32. The van der Waals surface area contributed by atoms with Gasteiger partial charge in [-0.05, 0) is 30.9 Å². The number of rotatable bonds is 3. The van der Waals surface area contributed by atoms with Crippen molar-refractivity contribution in [2.75, 3.05) is 16.8 Å². The third-order valence-corrected chi connectivity index (χ3v) is 4.04. The van der Waals surface area contributed by atoms with Gasteiger partial charge in [0.15, 0.2) is 0 Å². The van der Waals surface area contributed by atoms with Gasteiger partial charge in [0.05, 0.1) is 17.4 Å². The predicted octanol–water partition coefficient (Wildman–Crippen LogP) is 1.65. The molecular formula is C14H15N3O4. The highest BCUT2D eigenvalue weighted by Gasteiger charge is 2.31. The molecule has 7 nitrogen and oxygen atoms in total. The summed E-state index contributed by atoms with van der Waals surface area (Å²) in [5.74, 6) is -0.165. The van der Waals surface area contributed by atoms with E-state index in [4.69, 9.17) is 0 Å². The van der Waals surface area contributed by atoms with Gasteiger partial charge in [-0.25, -0.2) is 0 Å². The molecular weight excluding hydrogens is 274 g/mol. The molecule has 7 heteroatoms. The van der Waals surface area contributed by atoms with Crippen molar-refractivity contribution in [3.05, 3.63) is 27.8 Å². The molecule has 110 valence electrons. The minimum absolute atomic E-state index is 0.0426. The molecule has 0 aliphatic carbocycles. The molecule has 2 heterocycles. The molecule has 1 amide bonds. The number of fused-ring (bicyclic) bond motifs is 1. The molecule has 1 N–H and O–H groups in total. The lowest BCUT2D eigenvalue weighted by Gasteiger charge is -2.34. The van der Waals surface area contributed by atoms with Crippen LogP contribution in [0.25, 0.3) is 0 Å². The lowest BCUT2D eigenvalue weighted by Crippen LogP contribution is -2.40. The molecule has 0 saturated carbocycles. The zero-order valence-corrected chi connectivity index (χ0v) is 11.4. The van der Waals surface area contributed by atoms with Crippen molar-refractivity contribution in [1.82, 2.24) is 0 Å². The second kappa shape index (κ2) is 5.16. The number of nitrogens with one attached hydrogen (secondary N) is 1.